The number of aromatic nitrogens is 2. The number of nitrogens with two attached hydrogens (primary N) is 1. The van der Waals surface area contributed by atoms with Gasteiger partial charge in [-0.25, -0.2) is 0 Å². The van der Waals surface area contributed by atoms with Crippen LogP contribution in [-0.4, -0.2) is 29.1 Å². The van der Waals surface area contributed by atoms with Crippen molar-refractivity contribution in [1.29, 1.82) is 0 Å². The lowest BCUT2D eigenvalue weighted by molar-refractivity contribution is -0.122. The van der Waals surface area contributed by atoms with Crippen LogP contribution in [0.3, 0.4) is 0 Å². The molecule has 1 aromatic rings. The van der Waals surface area contributed by atoms with E-state index in [-0.39, 0.29) is 11.8 Å². The standard InChI is InChI=1S/C13H24N4O2/c1-9(2)6-11(8-14)7-13(18)15-5-4-12-16-10(3)19-17-12/h9,11H,4-8,14H2,1-3H3,(H,15,18). The Morgan fingerprint density at radius 1 is 1.47 bits per heavy atom. The van der Waals surface area contributed by atoms with Crippen molar-refractivity contribution in [3.63, 3.8) is 0 Å². The molecule has 0 saturated heterocycles. The van der Waals surface area contributed by atoms with Gasteiger partial charge in [-0.15, -0.1) is 0 Å². The number of aryl methyl sites for hydroxylation is 1. The zero-order chi connectivity index (χ0) is 14.3. The predicted octanol–water partition coefficient (Wildman–Crippen LogP) is 1.05. The maximum Gasteiger partial charge on any atom is 0.223 e. The summed E-state index contributed by atoms with van der Waals surface area (Å²) in [5, 5.41) is 6.63. The minimum absolute atomic E-state index is 0.0383. The second kappa shape index (κ2) is 7.89. The fourth-order valence-corrected chi connectivity index (χ4v) is 2.02. The molecule has 0 aromatic carbocycles. The maximum absolute atomic E-state index is 11.8. The Bertz CT molecular complexity index is 390. The van der Waals surface area contributed by atoms with Gasteiger partial charge in [0.1, 0.15) is 0 Å². The van der Waals surface area contributed by atoms with Crippen molar-refractivity contribution in [2.24, 2.45) is 17.6 Å². The Morgan fingerprint density at radius 2 is 2.21 bits per heavy atom. The molecule has 0 fully saturated rings. The highest BCUT2D eigenvalue weighted by molar-refractivity contribution is 5.76. The molecule has 1 unspecified atom stereocenters. The summed E-state index contributed by atoms with van der Waals surface area (Å²) in [7, 11) is 0. The van der Waals surface area contributed by atoms with Crippen LogP contribution in [0.4, 0.5) is 0 Å². The second-order valence-corrected chi connectivity index (χ2v) is 5.26. The molecule has 0 aliphatic heterocycles. The smallest absolute Gasteiger partial charge is 0.223 e. The second-order valence-electron chi connectivity index (χ2n) is 5.26. The Hall–Kier alpha value is -1.43. The highest BCUT2D eigenvalue weighted by Crippen LogP contribution is 2.13. The molecule has 1 heterocycles. The van der Waals surface area contributed by atoms with Crippen LogP contribution in [0, 0.1) is 18.8 Å². The van der Waals surface area contributed by atoms with Gasteiger partial charge in [0, 0.05) is 26.3 Å². The normalized spacial score (nSPS) is 12.7. The summed E-state index contributed by atoms with van der Waals surface area (Å²) in [5.74, 6) is 2.02. The summed E-state index contributed by atoms with van der Waals surface area (Å²) in [6.45, 7) is 7.09. The molecular weight excluding hydrogens is 244 g/mol. The molecule has 0 saturated carbocycles. The van der Waals surface area contributed by atoms with Gasteiger partial charge in [-0.1, -0.05) is 19.0 Å². The number of amides is 1. The van der Waals surface area contributed by atoms with E-state index in [2.05, 4.69) is 29.3 Å². The summed E-state index contributed by atoms with van der Waals surface area (Å²) in [5.41, 5.74) is 5.68. The number of nitrogens with zero attached hydrogens (tertiary/aromatic N) is 2. The van der Waals surface area contributed by atoms with E-state index in [9.17, 15) is 4.79 Å². The first-order chi connectivity index (χ1) is 9.01. The molecule has 0 aliphatic carbocycles. The van der Waals surface area contributed by atoms with Crippen LogP contribution >= 0.6 is 0 Å². The molecule has 0 bridgehead atoms. The molecule has 0 radical (unpaired) electrons. The third-order valence-electron chi connectivity index (χ3n) is 2.85. The van der Waals surface area contributed by atoms with Crippen molar-refractivity contribution in [3.05, 3.63) is 11.7 Å². The topological polar surface area (TPSA) is 94.0 Å². The Balaban J connectivity index is 2.23. The molecule has 1 rings (SSSR count). The fraction of sp³-hybridized carbons (Fsp3) is 0.769. The van der Waals surface area contributed by atoms with Crippen molar-refractivity contribution in [3.8, 4) is 0 Å². The third-order valence-corrected chi connectivity index (χ3v) is 2.85. The Labute approximate surface area is 114 Å². The van der Waals surface area contributed by atoms with Crippen LogP contribution in [0.1, 0.15) is 38.4 Å². The van der Waals surface area contributed by atoms with Crippen LogP contribution in [-0.2, 0) is 11.2 Å². The highest BCUT2D eigenvalue weighted by Gasteiger charge is 2.14. The number of nitrogens with one attached hydrogen (secondary N) is 1. The van der Waals surface area contributed by atoms with Crippen molar-refractivity contribution in [2.45, 2.75) is 40.0 Å². The first-order valence-electron chi connectivity index (χ1n) is 6.77. The van der Waals surface area contributed by atoms with E-state index in [0.29, 0.717) is 43.6 Å². The minimum atomic E-state index is 0.0383. The Morgan fingerprint density at radius 3 is 2.74 bits per heavy atom. The van der Waals surface area contributed by atoms with Gasteiger partial charge in [0.05, 0.1) is 0 Å². The van der Waals surface area contributed by atoms with Crippen LogP contribution in [0.5, 0.6) is 0 Å². The molecule has 108 valence electrons. The van der Waals surface area contributed by atoms with E-state index >= 15 is 0 Å². The predicted molar refractivity (Wildman–Crippen MR) is 72.4 cm³/mol. The number of rotatable bonds is 8. The lowest BCUT2D eigenvalue weighted by Crippen LogP contribution is -2.30. The average molecular weight is 268 g/mol. The fourth-order valence-electron chi connectivity index (χ4n) is 2.02. The number of hydrogen-bond donors (Lipinski definition) is 2. The van der Waals surface area contributed by atoms with Crippen molar-refractivity contribution in [2.75, 3.05) is 13.1 Å². The summed E-state index contributed by atoms with van der Waals surface area (Å²) in [4.78, 5) is 15.8. The Kier molecular flexibility index (Phi) is 6.49. The van der Waals surface area contributed by atoms with Crippen molar-refractivity contribution >= 4 is 5.91 Å². The lowest BCUT2D eigenvalue weighted by atomic mass is 9.94. The largest absolute Gasteiger partial charge is 0.356 e. The monoisotopic (exact) mass is 268 g/mol. The third kappa shape index (κ3) is 6.33. The number of carbonyl (C=O) groups excluding carboxylic acids is 1. The first-order valence-corrected chi connectivity index (χ1v) is 6.77. The van der Waals surface area contributed by atoms with Crippen molar-refractivity contribution < 1.29 is 9.32 Å². The van der Waals surface area contributed by atoms with E-state index in [1.807, 2.05) is 0 Å². The van der Waals surface area contributed by atoms with Gasteiger partial charge in [-0.3, -0.25) is 4.79 Å². The lowest BCUT2D eigenvalue weighted by Gasteiger charge is -2.16. The molecule has 6 nitrogen and oxygen atoms in total. The summed E-state index contributed by atoms with van der Waals surface area (Å²) < 4.78 is 4.86. The molecule has 3 N–H and O–H groups in total. The SMILES string of the molecule is Cc1nc(CCNC(=O)CC(CN)CC(C)C)no1. The first kappa shape index (κ1) is 15.6. The van der Waals surface area contributed by atoms with Crippen LogP contribution in [0.15, 0.2) is 4.52 Å². The highest BCUT2D eigenvalue weighted by atomic mass is 16.5. The van der Waals surface area contributed by atoms with E-state index in [1.54, 1.807) is 6.92 Å². The zero-order valence-corrected chi connectivity index (χ0v) is 12.0. The molecule has 19 heavy (non-hydrogen) atoms. The molecule has 1 amide bonds. The molecule has 0 spiro atoms. The van der Waals surface area contributed by atoms with Crippen LogP contribution < -0.4 is 11.1 Å². The molecular formula is C13H24N4O2. The number of hydrogen-bond acceptors (Lipinski definition) is 5. The quantitative estimate of drug-likeness (QED) is 0.735. The summed E-state index contributed by atoms with van der Waals surface area (Å²) in [6, 6.07) is 0. The van der Waals surface area contributed by atoms with E-state index < -0.39 is 0 Å². The summed E-state index contributed by atoms with van der Waals surface area (Å²) >= 11 is 0. The van der Waals surface area contributed by atoms with Gasteiger partial charge >= 0.3 is 0 Å². The van der Waals surface area contributed by atoms with E-state index in [1.165, 1.54) is 0 Å². The molecule has 0 aliphatic rings. The van der Waals surface area contributed by atoms with Gasteiger partial charge in [-0.05, 0) is 24.8 Å². The van der Waals surface area contributed by atoms with Crippen LogP contribution in [0.2, 0.25) is 0 Å². The zero-order valence-electron chi connectivity index (χ0n) is 12.0. The van der Waals surface area contributed by atoms with Crippen LogP contribution in [0.25, 0.3) is 0 Å². The maximum atomic E-state index is 11.8. The number of carbonyl (C=O) groups is 1. The van der Waals surface area contributed by atoms with Gasteiger partial charge in [-0.2, -0.15) is 4.98 Å². The molecule has 1 aromatic heterocycles. The summed E-state index contributed by atoms with van der Waals surface area (Å²) in [6.07, 6.45) is 2.05. The molecule has 6 heteroatoms. The van der Waals surface area contributed by atoms with Gasteiger partial charge in [0.2, 0.25) is 11.8 Å². The van der Waals surface area contributed by atoms with Gasteiger partial charge in [0.15, 0.2) is 5.82 Å². The minimum Gasteiger partial charge on any atom is -0.356 e. The van der Waals surface area contributed by atoms with Gasteiger partial charge < -0.3 is 15.6 Å². The van der Waals surface area contributed by atoms with Gasteiger partial charge in [0.25, 0.3) is 0 Å². The van der Waals surface area contributed by atoms with E-state index in [0.717, 1.165) is 6.42 Å². The van der Waals surface area contributed by atoms with E-state index in [4.69, 9.17) is 10.3 Å². The average Bonchev–Trinajstić information content (AvgIpc) is 2.73. The molecule has 1 atom stereocenters. The van der Waals surface area contributed by atoms with Crippen molar-refractivity contribution in [1.82, 2.24) is 15.5 Å².